The van der Waals surface area contributed by atoms with Gasteiger partial charge in [-0.25, -0.2) is 4.79 Å². The third-order valence-corrected chi connectivity index (χ3v) is 4.25. The minimum absolute atomic E-state index is 0.0387. The van der Waals surface area contributed by atoms with Crippen molar-refractivity contribution in [3.05, 3.63) is 65.7 Å². The van der Waals surface area contributed by atoms with Crippen molar-refractivity contribution in [3.8, 4) is 5.75 Å². The number of rotatable bonds is 8. The Morgan fingerprint density at radius 1 is 0.900 bits per heavy atom. The minimum atomic E-state index is -0.524. The molecule has 1 amide bonds. The Labute approximate surface area is 181 Å². The van der Waals surface area contributed by atoms with Crippen molar-refractivity contribution in [1.82, 2.24) is 10.6 Å². The quantitative estimate of drug-likeness (QED) is 0.634. The molecule has 30 heavy (non-hydrogen) atoms. The molecule has 0 saturated carbocycles. The van der Waals surface area contributed by atoms with Crippen LogP contribution in [0.25, 0.3) is 0 Å². The number of carbonyl (C=O) groups excluding carboxylic acids is 1. The maximum Gasteiger partial charge on any atom is 0.407 e. The highest BCUT2D eigenvalue weighted by Gasteiger charge is 2.21. The number of hydrogen-bond acceptors (Lipinski definition) is 4. The highest BCUT2D eigenvalue weighted by atomic mass is 16.6. The molecule has 0 fully saturated rings. The average Bonchev–Trinajstić information content (AvgIpc) is 2.64. The van der Waals surface area contributed by atoms with Crippen LogP contribution < -0.4 is 15.4 Å². The number of hydrogen-bond donors (Lipinski definition) is 2. The maximum absolute atomic E-state index is 12.3. The molecule has 0 aliphatic carbocycles. The van der Waals surface area contributed by atoms with Gasteiger partial charge in [-0.3, -0.25) is 0 Å². The Morgan fingerprint density at radius 3 is 2.10 bits per heavy atom. The molecule has 0 saturated heterocycles. The summed E-state index contributed by atoms with van der Waals surface area (Å²) in [5.41, 5.74) is 1.70. The van der Waals surface area contributed by atoms with E-state index in [-0.39, 0.29) is 11.6 Å². The van der Waals surface area contributed by atoms with E-state index in [4.69, 9.17) is 9.47 Å². The lowest BCUT2D eigenvalue weighted by Crippen LogP contribution is -2.49. The fourth-order valence-corrected chi connectivity index (χ4v) is 2.83. The van der Waals surface area contributed by atoms with E-state index in [0.29, 0.717) is 19.6 Å². The summed E-state index contributed by atoms with van der Waals surface area (Å²) < 4.78 is 11.3. The van der Waals surface area contributed by atoms with Crippen molar-refractivity contribution in [2.24, 2.45) is 0 Å². The van der Waals surface area contributed by atoms with Gasteiger partial charge in [0, 0.05) is 18.1 Å². The van der Waals surface area contributed by atoms with Crippen molar-refractivity contribution in [3.63, 3.8) is 0 Å². The second-order valence-electron chi connectivity index (χ2n) is 9.60. The smallest absolute Gasteiger partial charge is 0.407 e. The first kappa shape index (κ1) is 23.7. The summed E-state index contributed by atoms with van der Waals surface area (Å²) >= 11 is 0. The number of benzene rings is 2. The molecule has 0 spiro atoms. The number of amides is 1. The van der Waals surface area contributed by atoms with Gasteiger partial charge in [0.1, 0.15) is 18.0 Å². The highest BCUT2D eigenvalue weighted by molar-refractivity contribution is 5.68. The summed E-state index contributed by atoms with van der Waals surface area (Å²) in [4.78, 5) is 12.3. The van der Waals surface area contributed by atoms with Gasteiger partial charge in [0.2, 0.25) is 0 Å². The van der Waals surface area contributed by atoms with Crippen LogP contribution in [0.4, 0.5) is 4.79 Å². The molecule has 0 aliphatic heterocycles. The molecular formula is C25H36N2O3. The van der Waals surface area contributed by atoms with E-state index in [1.54, 1.807) is 0 Å². The molecule has 0 aromatic heterocycles. The van der Waals surface area contributed by atoms with E-state index >= 15 is 0 Å². The third kappa shape index (κ3) is 9.79. The van der Waals surface area contributed by atoms with Gasteiger partial charge in [-0.2, -0.15) is 0 Å². The van der Waals surface area contributed by atoms with Crippen LogP contribution in [0.3, 0.4) is 0 Å². The first-order valence-corrected chi connectivity index (χ1v) is 10.5. The van der Waals surface area contributed by atoms with Gasteiger partial charge >= 0.3 is 6.09 Å². The van der Waals surface area contributed by atoms with Crippen LogP contribution in [0.15, 0.2) is 54.6 Å². The Kier molecular flexibility index (Phi) is 8.30. The molecule has 0 unspecified atom stereocenters. The van der Waals surface area contributed by atoms with Gasteiger partial charge in [-0.05, 0) is 71.2 Å². The largest absolute Gasteiger partial charge is 0.489 e. The molecule has 0 aliphatic rings. The Balaban J connectivity index is 1.96. The standard InChI is InChI=1S/C25H36N2O3/c1-24(2,3)26-17-21(27-23(28)30-25(4,5)6)16-19-12-14-22(15-13-19)29-18-20-10-8-7-9-11-20/h7-15,21,26H,16-18H2,1-6H3,(H,27,28)/t21-/m0/s1. The monoisotopic (exact) mass is 412 g/mol. The van der Waals surface area contributed by atoms with Crippen molar-refractivity contribution in [2.75, 3.05) is 6.54 Å². The van der Waals surface area contributed by atoms with Gasteiger partial charge in [-0.15, -0.1) is 0 Å². The molecule has 2 aromatic rings. The summed E-state index contributed by atoms with van der Waals surface area (Å²) in [5, 5.41) is 6.47. The molecule has 0 radical (unpaired) electrons. The van der Waals surface area contributed by atoms with Crippen LogP contribution in [-0.2, 0) is 17.8 Å². The topological polar surface area (TPSA) is 59.6 Å². The minimum Gasteiger partial charge on any atom is -0.489 e. The summed E-state index contributed by atoms with van der Waals surface area (Å²) in [7, 11) is 0. The molecule has 5 nitrogen and oxygen atoms in total. The SMILES string of the molecule is CC(C)(C)NC[C@H](Cc1ccc(OCc2ccccc2)cc1)NC(=O)OC(C)(C)C. The van der Waals surface area contributed by atoms with Gasteiger partial charge < -0.3 is 20.1 Å². The molecule has 0 bridgehead atoms. The van der Waals surface area contributed by atoms with Crippen LogP contribution in [0.2, 0.25) is 0 Å². The summed E-state index contributed by atoms with van der Waals surface area (Å²) in [6, 6.07) is 18.0. The Hall–Kier alpha value is -2.53. The molecular weight excluding hydrogens is 376 g/mol. The first-order valence-electron chi connectivity index (χ1n) is 10.5. The predicted octanol–water partition coefficient (Wildman–Crippen LogP) is 5.09. The molecule has 2 rings (SSSR count). The summed E-state index contributed by atoms with van der Waals surface area (Å²) in [6.07, 6.45) is 0.299. The zero-order chi connectivity index (χ0) is 22.2. The normalized spacial score (nSPS) is 12.9. The van der Waals surface area contributed by atoms with E-state index in [1.807, 2.05) is 75.4 Å². The van der Waals surface area contributed by atoms with Crippen LogP contribution in [0, 0.1) is 0 Å². The number of ether oxygens (including phenoxy) is 2. The van der Waals surface area contributed by atoms with Gasteiger partial charge in [0.25, 0.3) is 0 Å². The van der Waals surface area contributed by atoms with E-state index in [1.165, 1.54) is 0 Å². The summed E-state index contributed by atoms with van der Waals surface area (Å²) in [5.74, 6) is 0.826. The van der Waals surface area contributed by atoms with Gasteiger partial charge in [-0.1, -0.05) is 42.5 Å². The lowest BCUT2D eigenvalue weighted by atomic mass is 10.0. The maximum atomic E-state index is 12.3. The molecule has 0 heterocycles. The van der Waals surface area contributed by atoms with Crippen molar-refractivity contribution < 1.29 is 14.3 Å². The second-order valence-corrected chi connectivity index (χ2v) is 9.60. The molecule has 1 atom stereocenters. The second kappa shape index (κ2) is 10.5. The predicted molar refractivity (Wildman–Crippen MR) is 122 cm³/mol. The van der Waals surface area contributed by atoms with Crippen molar-refractivity contribution in [1.29, 1.82) is 0 Å². The van der Waals surface area contributed by atoms with Crippen LogP contribution in [0.5, 0.6) is 5.75 Å². The number of nitrogens with one attached hydrogen (secondary N) is 2. The number of carbonyl (C=O) groups is 1. The number of alkyl carbamates (subject to hydrolysis) is 1. The van der Waals surface area contributed by atoms with Gasteiger partial charge in [0.05, 0.1) is 0 Å². The first-order chi connectivity index (χ1) is 14.0. The average molecular weight is 413 g/mol. The van der Waals surface area contributed by atoms with E-state index in [9.17, 15) is 4.79 Å². The molecule has 164 valence electrons. The zero-order valence-electron chi connectivity index (χ0n) is 19.1. The molecule has 2 N–H and O–H groups in total. The lowest BCUT2D eigenvalue weighted by molar-refractivity contribution is 0.0502. The highest BCUT2D eigenvalue weighted by Crippen LogP contribution is 2.16. The van der Waals surface area contributed by atoms with E-state index in [0.717, 1.165) is 16.9 Å². The fourth-order valence-electron chi connectivity index (χ4n) is 2.83. The molecule has 5 heteroatoms. The van der Waals surface area contributed by atoms with Crippen molar-refractivity contribution >= 4 is 6.09 Å². The van der Waals surface area contributed by atoms with Crippen LogP contribution in [-0.4, -0.2) is 29.8 Å². The van der Waals surface area contributed by atoms with Crippen LogP contribution in [0.1, 0.15) is 52.7 Å². The summed E-state index contributed by atoms with van der Waals surface area (Å²) in [6.45, 7) is 13.1. The fraction of sp³-hybridized carbons (Fsp3) is 0.480. The van der Waals surface area contributed by atoms with Crippen molar-refractivity contribution in [2.45, 2.75) is 71.8 Å². The van der Waals surface area contributed by atoms with E-state index < -0.39 is 11.7 Å². The lowest BCUT2D eigenvalue weighted by Gasteiger charge is -2.27. The van der Waals surface area contributed by atoms with E-state index in [2.05, 4.69) is 31.4 Å². The molecule has 2 aromatic carbocycles. The Bertz CT molecular complexity index is 775. The third-order valence-electron chi connectivity index (χ3n) is 4.25. The Morgan fingerprint density at radius 2 is 1.53 bits per heavy atom. The van der Waals surface area contributed by atoms with Crippen LogP contribution >= 0.6 is 0 Å². The van der Waals surface area contributed by atoms with Gasteiger partial charge in [0.15, 0.2) is 0 Å². The zero-order valence-corrected chi connectivity index (χ0v) is 19.1.